The maximum absolute atomic E-state index is 12.8. The average Bonchev–Trinajstić information content (AvgIpc) is 2.82. The lowest BCUT2D eigenvalue weighted by molar-refractivity contribution is -0.121. The van der Waals surface area contributed by atoms with Crippen LogP contribution in [0.3, 0.4) is 0 Å². The molecule has 4 rings (SSSR count). The molecule has 1 aliphatic carbocycles. The molecule has 2 aromatic carbocycles. The minimum absolute atomic E-state index is 0.138. The minimum Gasteiger partial charge on any atom is -0.465 e. The van der Waals surface area contributed by atoms with Gasteiger partial charge in [-0.1, -0.05) is 24.3 Å². The number of aromatic nitrogens is 2. The van der Waals surface area contributed by atoms with Gasteiger partial charge in [0.15, 0.2) is 0 Å². The quantitative estimate of drug-likeness (QED) is 0.599. The number of amides is 1. The molecule has 0 bridgehead atoms. The predicted molar refractivity (Wildman–Crippen MR) is 121 cm³/mol. The molecule has 32 heavy (non-hydrogen) atoms. The number of para-hydroxylation sites is 2. The van der Waals surface area contributed by atoms with Crippen molar-refractivity contribution in [1.82, 2.24) is 9.55 Å². The van der Waals surface area contributed by atoms with Crippen LogP contribution in [0.15, 0.2) is 58.1 Å². The lowest BCUT2D eigenvalue weighted by atomic mass is 9.81. The summed E-state index contributed by atoms with van der Waals surface area (Å²) in [5, 5.41) is 3.34. The Bertz CT molecular complexity index is 1270. The van der Waals surface area contributed by atoms with E-state index in [4.69, 9.17) is 4.74 Å². The van der Waals surface area contributed by atoms with E-state index in [1.54, 1.807) is 48.5 Å². The molecule has 1 amide bonds. The Morgan fingerprint density at radius 2 is 1.72 bits per heavy atom. The molecule has 8 nitrogen and oxygen atoms in total. The number of nitrogens with one attached hydrogen (secondary N) is 2. The van der Waals surface area contributed by atoms with Gasteiger partial charge >= 0.3 is 11.7 Å². The van der Waals surface area contributed by atoms with Gasteiger partial charge < -0.3 is 15.0 Å². The van der Waals surface area contributed by atoms with Gasteiger partial charge in [0, 0.05) is 12.5 Å². The van der Waals surface area contributed by atoms with Gasteiger partial charge in [-0.05, 0) is 55.9 Å². The first kappa shape index (κ1) is 21.5. The van der Waals surface area contributed by atoms with Crippen LogP contribution in [0.5, 0.6) is 0 Å². The third kappa shape index (κ3) is 4.34. The summed E-state index contributed by atoms with van der Waals surface area (Å²) in [4.78, 5) is 52.6. The first-order valence-electron chi connectivity index (χ1n) is 10.7. The molecule has 1 aliphatic rings. The SMILES string of the molecule is COC(=O)c1ccccc1NC(=O)C1CCC(Cn2c(=O)[nH]c3ccccc3c2=O)CC1. The summed E-state index contributed by atoms with van der Waals surface area (Å²) in [7, 11) is 1.30. The molecule has 1 heterocycles. The second-order valence-electron chi connectivity index (χ2n) is 8.14. The Labute approximate surface area is 184 Å². The zero-order valence-corrected chi connectivity index (χ0v) is 17.8. The van der Waals surface area contributed by atoms with E-state index in [2.05, 4.69) is 10.3 Å². The lowest BCUT2D eigenvalue weighted by Gasteiger charge is -2.28. The van der Waals surface area contributed by atoms with E-state index in [0.717, 1.165) is 12.8 Å². The van der Waals surface area contributed by atoms with Crippen LogP contribution in [-0.4, -0.2) is 28.5 Å². The van der Waals surface area contributed by atoms with Gasteiger partial charge in [0.25, 0.3) is 5.56 Å². The Kier molecular flexibility index (Phi) is 6.20. The Morgan fingerprint density at radius 1 is 1.03 bits per heavy atom. The minimum atomic E-state index is -0.504. The summed E-state index contributed by atoms with van der Waals surface area (Å²) in [6.07, 6.45) is 2.76. The highest BCUT2D eigenvalue weighted by Gasteiger charge is 2.28. The number of hydrogen-bond donors (Lipinski definition) is 2. The molecule has 0 saturated heterocycles. The van der Waals surface area contributed by atoms with Crippen LogP contribution in [0.2, 0.25) is 0 Å². The molecule has 0 atom stereocenters. The standard InChI is InChI=1S/C24H25N3O5/c1-32-23(30)18-7-3-5-9-20(18)25-21(28)16-12-10-15(11-13-16)14-27-22(29)17-6-2-4-8-19(17)26-24(27)31/h2-9,15-16H,10-14H2,1H3,(H,25,28)(H,26,31). The number of anilines is 1. The Morgan fingerprint density at radius 3 is 2.47 bits per heavy atom. The van der Waals surface area contributed by atoms with Gasteiger partial charge in [-0.2, -0.15) is 0 Å². The van der Waals surface area contributed by atoms with Gasteiger partial charge in [-0.15, -0.1) is 0 Å². The third-order valence-corrected chi connectivity index (χ3v) is 6.14. The summed E-state index contributed by atoms with van der Waals surface area (Å²) in [6.45, 7) is 0.332. The first-order valence-corrected chi connectivity index (χ1v) is 10.7. The van der Waals surface area contributed by atoms with Gasteiger partial charge in [-0.25, -0.2) is 9.59 Å². The summed E-state index contributed by atoms with van der Waals surface area (Å²) in [5.74, 6) is -0.693. The van der Waals surface area contributed by atoms with Crippen molar-refractivity contribution in [3.63, 3.8) is 0 Å². The highest BCUT2D eigenvalue weighted by atomic mass is 16.5. The molecular formula is C24H25N3O5. The van der Waals surface area contributed by atoms with Crippen LogP contribution in [-0.2, 0) is 16.1 Å². The zero-order valence-electron chi connectivity index (χ0n) is 17.8. The Balaban J connectivity index is 1.41. The van der Waals surface area contributed by atoms with E-state index >= 15 is 0 Å². The second kappa shape index (κ2) is 9.21. The summed E-state index contributed by atoms with van der Waals surface area (Å²) in [5.41, 5.74) is 0.579. The lowest BCUT2D eigenvalue weighted by Crippen LogP contribution is -2.38. The smallest absolute Gasteiger partial charge is 0.339 e. The molecule has 0 radical (unpaired) electrons. The number of carbonyl (C=O) groups is 2. The number of ether oxygens (including phenoxy) is 1. The van der Waals surface area contributed by atoms with E-state index in [-0.39, 0.29) is 23.3 Å². The summed E-state index contributed by atoms with van der Waals surface area (Å²) >= 11 is 0. The van der Waals surface area contributed by atoms with E-state index in [9.17, 15) is 19.2 Å². The highest BCUT2D eigenvalue weighted by Crippen LogP contribution is 2.31. The molecule has 1 aromatic heterocycles. The molecule has 1 fully saturated rings. The van der Waals surface area contributed by atoms with Gasteiger partial charge in [0.2, 0.25) is 5.91 Å². The van der Waals surface area contributed by atoms with Crippen LogP contribution in [0.25, 0.3) is 10.9 Å². The molecule has 0 spiro atoms. The van der Waals surface area contributed by atoms with Crippen molar-refractivity contribution in [3.8, 4) is 0 Å². The molecule has 3 aromatic rings. The van der Waals surface area contributed by atoms with E-state index in [0.29, 0.717) is 41.5 Å². The third-order valence-electron chi connectivity index (χ3n) is 6.14. The predicted octanol–water partition coefficient (Wildman–Crippen LogP) is 2.92. The number of esters is 1. The fourth-order valence-corrected chi connectivity index (χ4v) is 4.35. The van der Waals surface area contributed by atoms with Crippen molar-refractivity contribution in [2.24, 2.45) is 11.8 Å². The molecule has 0 unspecified atom stereocenters. The van der Waals surface area contributed by atoms with Crippen molar-refractivity contribution in [2.75, 3.05) is 12.4 Å². The largest absolute Gasteiger partial charge is 0.465 e. The molecular weight excluding hydrogens is 410 g/mol. The number of aromatic amines is 1. The molecule has 166 valence electrons. The topological polar surface area (TPSA) is 110 Å². The van der Waals surface area contributed by atoms with Crippen LogP contribution in [0, 0.1) is 11.8 Å². The number of rotatable bonds is 5. The first-order chi connectivity index (χ1) is 15.5. The van der Waals surface area contributed by atoms with E-state index < -0.39 is 11.7 Å². The van der Waals surface area contributed by atoms with Crippen molar-refractivity contribution in [1.29, 1.82) is 0 Å². The number of H-pyrrole nitrogens is 1. The second-order valence-corrected chi connectivity index (χ2v) is 8.14. The normalized spacial score (nSPS) is 18.3. The van der Waals surface area contributed by atoms with E-state index in [1.807, 2.05) is 0 Å². The average molecular weight is 435 g/mol. The van der Waals surface area contributed by atoms with Crippen LogP contribution in [0.1, 0.15) is 36.0 Å². The number of methoxy groups -OCH3 is 1. The molecule has 2 N–H and O–H groups in total. The van der Waals surface area contributed by atoms with Crippen LogP contribution < -0.4 is 16.6 Å². The van der Waals surface area contributed by atoms with Gasteiger partial charge in [0.1, 0.15) is 0 Å². The molecule has 0 aliphatic heterocycles. The number of nitrogens with zero attached hydrogens (tertiary/aromatic N) is 1. The van der Waals surface area contributed by atoms with Crippen LogP contribution >= 0.6 is 0 Å². The maximum atomic E-state index is 12.8. The zero-order chi connectivity index (χ0) is 22.7. The van der Waals surface area contributed by atoms with Crippen molar-refractivity contribution < 1.29 is 14.3 Å². The van der Waals surface area contributed by atoms with Crippen LogP contribution in [0.4, 0.5) is 5.69 Å². The number of hydrogen-bond acceptors (Lipinski definition) is 5. The number of benzene rings is 2. The molecule has 1 saturated carbocycles. The molecule has 8 heteroatoms. The maximum Gasteiger partial charge on any atom is 0.339 e. The van der Waals surface area contributed by atoms with Gasteiger partial charge in [-0.3, -0.25) is 14.2 Å². The highest BCUT2D eigenvalue weighted by molar-refractivity contribution is 6.01. The number of fused-ring (bicyclic) bond motifs is 1. The summed E-state index contributed by atoms with van der Waals surface area (Å²) in [6, 6.07) is 13.7. The number of carbonyl (C=O) groups excluding carboxylic acids is 2. The van der Waals surface area contributed by atoms with E-state index in [1.165, 1.54) is 11.7 Å². The van der Waals surface area contributed by atoms with Gasteiger partial charge in [0.05, 0.1) is 29.3 Å². The fraction of sp³-hybridized carbons (Fsp3) is 0.333. The Hall–Kier alpha value is -3.68. The fourth-order valence-electron chi connectivity index (χ4n) is 4.35. The van der Waals surface area contributed by atoms with Crippen molar-refractivity contribution >= 4 is 28.5 Å². The monoisotopic (exact) mass is 435 g/mol. The summed E-state index contributed by atoms with van der Waals surface area (Å²) < 4.78 is 6.04. The van der Waals surface area contributed by atoms with Crippen molar-refractivity contribution in [2.45, 2.75) is 32.2 Å². The van der Waals surface area contributed by atoms with Crippen molar-refractivity contribution in [3.05, 3.63) is 74.9 Å².